The number of benzene rings is 3. The summed E-state index contributed by atoms with van der Waals surface area (Å²) in [5, 5.41) is 12.4. The molecule has 0 atom stereocenters. The van der Waals surface area contributed by atoms with Crippen LogP contribution in [0.1, 0.15) is 22.3 Å². The zero-order chi connectivity index (χ0) is 22.9. The van der Waals surface area contributed by atoms with E-state index in [2.05, 4.69) is 21.2 Å². The summed E-state index contributed by atoms with van der Waals surface area (Å²) in [4.78, 5) is 12.6. The number of carbonyl (C=O) groups is 1. The largest absolute Gasteiger partial charge is 0.497 e. The van der Waals surface area contributed by atoms with Gasteiger partial charge in [-0.1, -0.05) is 57.9 Å². The second kappa shape index (κ2) is 11.2. The van der Waals surface area contributed by atoms with Crippen molar-refractivity contribution in [1.82, 2.24) is 5.32 Å². The van der Waals surface area contributed by atoms with E-state index in [9.17, 15) is 10.1 Å². The van der Waals surface area contributed by atoms with Crippen LogP contribution in [0.15, 0.2) is 76.8 Å². The summed E-state index contributed by atoms with van der Waals surface area (Å²) in [5.41, 5.74) is 3.76. The van der Waals surface area contributed by atoms with Crippen LogP contribution in [0.2, 0.25) is 0 Å². The molecule has 6 heteroatoms. The van der Waals surface area contributed by atoms with Crippen molar-refractivity contribution < 1.29 is 14.3 Å². The van der Waals surface area contributed by atoms with E-state index in [0.29, 0.717) is 24.5 Å². The number of aryl methyl sites for hydroxylation is 1. The standard InChI is InChI=1S/C26H23BrN2O3/c1-18-3-5-20(6-4-18)17-32-25-12-9-23(27)14-21(25)13-22(15-28)26(30)29-16-19-7-10-24(31-2)11-8-19/h3-14H,16-17H2,1-2H3,(H,29,30)/b22-13-. The van der Waals surface area contributed by atoms with Gasteiger partial charge in [0.05, 0.1) is 7.11 Å². The van der Waals surface area contributed by atoms with Crippen LogP contribution in [0, 0.1) is 18.3 Å². The topological polar surface area (TPSA) is 71.3 Å². The van der Waals surface area contributed by atoms with Gasteiger partial charge in [-0.15, -0.1) is 0 Å². The van der Waals surface area contributed by atoms with Crippen LogP contribution in [-0.2, 0) is 17.9 Å². The van der Waals surface area contributed by atoms with Gasteiger partial charge in [0.15, 0.2) is 0 Å². The van der Waals surface area contributed by atoms with Crippen molar-refractivity contribution >= 4 is 27.9 Å². The smallest absolute Gasteiger partial charge is 0.262 e. The van der Waals surface area contributed by atoms with Crippen LogP contribution in [0.5, 0.6) is 11.5 Å². The van der Waals surface area contributed by atoms with Crippen molar-refractivity contribution in [2.24, 2.45) is 0 Å². The minimum Gasteiger partial charge on any atom is -0.497 e. The molecule has 1 amide bonds. The molecule has 1 N–H and O–H groups in total. The second-order valence-corrected chi connectivity index (χ2v) is 8.07. The lowest BCUT2D eigenvalue weighted by atomic mass is 10.1. The molecular formula is C26H23BrN2O3. The Morgan fingerprint density at radius 2 is 1.75 bits per heavy atom. The predicted octanol–water partition coefficient (Wildman–Crippen LogP) is 5.57. The molecule has 0 aliphatic heterocycles. The highest BCUT2D eigenvalue weighted by Gasteiger charge is 2.12. The molecule has 0 aromatic heterocycles. The highest BCUT2D eigenvalue weighted by atomic mass is 79.9. The average Bonchev–Trinajstić information content (AvgIpc) is 2.81. The molecule has 0 bridgehead atoms. The molecule has 3 aromatic rings. The molecule has 0 spiro atoms. The third-order valence-corrected chi connectivity index (χ3v) is 5.26. The summed E-state index contributed by atoms with van der Waals surface area (Å²) in [6.07, 6.45) is 1.54. The van der Waals surface area contributed by atoms with Crippen molar-refractivity contribution in [3.8, 4) is 17.6 Å². The van der Waals surface area contributed by atoms with E-state index in [1.807, 2.05) is 79.7 Å². The maximum atomic E-state index is 12.6. The number of methoxy groups -OCH3 is 1. The molecule has 0 heterocycles. The van der Waals surface area contributed by atoms with Crippen LogP contribution < -0.4 is 14.8 Å². The third kappa shape index (κ3) is 6.47. The predicted molar refractivity (Wildman–Crippen MR) is 128 cm³/mol. The van der Waals surface area contributed by atoms with E-state index in [4.69, 9.17) is 9.47 Å². The summed E-state index contributed by atoms with van der Waals surface area (Å²) in [5.74, 6) is 0.878. The fourth-order valence-corrected chi connectivity index (χ4v) is 3.31. The van der Waals surface area contributed by atoms with E-state index in [1.54, 1.807) is 13.2 Å². The Hall–Kier alpha value is -3.56. The zero-order valence-corrected chi connectivity index (χ0v) is 19.5. The number of hydrogen-bond acceptors (Lipinski definition) is 4. The number of hydrogen-bond donors (Lipinski definition) is 1. The van der Waals surface area contributed by atoms with E-state index < -0.39 is 5.91 Å². The zero-order valence-electron chi connectivity index (χ0n) is 17.9. The summed E-state index contributed by atoms with van der Waals surface area (Å²) in [6, 6.07) is 22.9. The summed E-state index contributed by atoms with van der Waals surface area (Å²) in [6.45, 7) is 2.72. The fraction of sp³-hybridized carbons (Fsp3) is 0.154. The maximum Gasteiger partial charge on any atom is 0.262 e. The first-order valence-electron chi connectivity index (χ1n) is 9.99. The Kier molecular flexibility index (Phi) is 8.07. The number of halogens is 1. The molecule has 32 heavy (non-hydrogen) atoms. The molecule has 5 nitrogen and oxygen atoms in total. The Morgan fingerprint density at radius 3 is 2.41 bits per heavy atom. The van der Waals surface area contributed by atoms with Gasteiger partial charge in [-0.05, 0) is 54.5 Å². The average molecular weight is 491 g/mol. The SMILES string of the molecule is COc1ccc(CNC(=O)/C(C#N)=C\c2cc(Br)ccc2OCc2ccc(C)cc2)cc1. The Bertz CT molecular complexity index is 1150. The van der Waals surface area contributed by atoms with Crippen LogP contribution >= 0.6 is 15.9 Å². The van der Waals surface area contributed by atoms with Gasteiger partial charge in [-0.3, -0.25) is 4.79 Å². The first-order chi connectivity index (χ1) is 15.5. The number of amides is 1. The van der Waals surface area contributed by atoms with Gasteiger partial charge in [0.1, 0.15) is 29.7 Å². The number of nitrogens with one attached hydrogen (secondary N) is 1. The lowest BCUT2D eigenvalue weighted by Crippen LogP contribution is -2.23. The number of nitrogens with zero attached hydrogens (tertiary/aromatic N) is 1. The van der Waals surface area contributed by atoms with E-state index >= 15 is 0 Å². The van der Waals surface area contributed by atoms with Crippen molar-refractivity contribution in [3.05, 3.63) is 99.0 Å². The van der Waals surface area contributed by atoms with Crippen molar-refractivity contribution in [2.45, 2.75) is 20.1 Å². The van der Waals surface area contributed by atoms with Crippen molar-refractivity contribution in [2.75, 3.05) is 7.11 Å². The quantitative estimate of drug-likeness (QED) is 0.331. The number of carbonyl (C=O) groups excluding carboxylic acids is 1. The summed E-state index contributed by atoms with van der Waals surface area (Å²) >= 11 is 3.44. The molecule has 0 saturated carbocycles. The third-order valence-electron chi connectivity index (χ3n) is 4.76. The first kappa shape index (κ1) is 23.1. The van der Waals surface area contributed by atoms with Gasteiger partial charge in [0, 0.05) is 16.6 Å². The van der Waals surface area contributed by atoms with Crippen LogP contribution in [0.4, 0.5) is 0 Å². The molecule has 162 valence electrons. The number of rotatable bonds is 8. The Balaban J connectivity index is 1.73. The van der Waals surface area contributed by atoms with Crippen LogP contribution in [-0.4, -0.2) is 13.0 Å². The first-order valence-corrected chi connectivity index (χ1v) is 10.8. The van der Waals surface area contributed by atoms with E-state index in [0.717, 1.165) is 21.3 Å². The highest BCUT2D eigenvalue weighted by molar-refractivity contribution is 9.10. The van der Waals surface area contributed by atoms with Crippen molar-refractivity contribution in [1.29, 1.82) is 5.26 Å². The Morgan fingerprint density at radius 1 is 1.06 bits per heavy atom. The number of ether oxygens (including phenoxy) is 2. The van der Waals surface area contributed by atoms with Gasteiger partial charge in [0.25, 0.3) is 5.91 Å². The summed E-state index contributed by atoms with van der Waals surface area (Å²) in [7, 11) is 1.60. The minimum absolute atomic E-state index is 0.00297. The molecular weight excluding hydrogens is 468 g/mol. The lowest BCUT2D eigenvalue weighted by Gasteiger charge is -2.11. The maximum absolute atomic E-state index is 12.6. The molecule has 0 saturated heterocycles. The van der Waals surface area contributed by atoms with Gasteiger partial charge in [-0.2, -0.15) is 5.26 Å². The monoisotopic (exact) mass is 490 g/mol. The molecule has 0 aliphatic carbocycles. The molecule has 3 aromatic carbocycles. The number of nitriles is 1. The highest BCUT2D eigenvalue weighted by Crippen LogP contribution is 2.26. The molecule has 0 aliphatic rings. The second-order valence-electron chi connectivity index (χ2n) is 7.16. The van der Waals surface area contributed by atoms with E-state index in [1.165, 1.54) is 5.56 Å². The molecule has 0 unspecified atom stereocenters. The minimum atomic E-state index is -0.451. The van der Waals surface area contributed by atoms with E-state index in [-0.39, 0.29) is 5.57 Å². The lowest BCUT2D eigenvalue weighted by molar-refractivity contribution is -0.117. The molecule has 0 radical (unpaired) electrons. The van der Waals surface area contributed by atoms with Crippen LogP contribution in [0.25, 0.3) is 6.08 Å². The fourth-order valence-electron chi connectivity index (χ4n) is 2.93. The van der Waals surface area contributed by atoms with Gasteiger partial charge in [0.2, 0.25) is 0 Å². The van der Waals surface area contributed by atoms with Crippen molar-refractivity contribution in [3.63, 3.8) is 0 Å². The Labute approximate surface area is 196 Å². The van der Waals surface area contributed by atoms with Gasteiger partial charge in [-0.25, -0.2) is 0 Å². The molecule has 3 rings (SSSR count). The molecule has 0 fully saturated rings. The van der Waals surface area contributed by atoms with Gasteiger partial charge < -0.3 is 14.8 Å². The normalized spacial score (nSPS) is 10.9. The summed E-state index contributed by atoms with van der Waals surface area (Å²) < 4.78 is 11.9. The van der Waals surface area contributed by atoms with Crippen LogP contribution in [0.3, 0.4) is 0 Å². The van der Waals surface area contributed by atoms with Gasteiger partial charge >= 0.3 is 0 Å².